The number of carbonyl (C=O) groups is 1. The van der Waals surface area contributed by atoms with E-state index in [1.165, 1.54) is 29.5 Å². The number of hydrogen-bond donors (Lipinski definition) is 0. The molecule has 2 aromatic rings. The molecule has 4 rings (SSSR count). The number of allylic oxidation sites excluding steroid dienone is 1. The lowest BCUT2D eigenvalue weighted by atomic mass is 9.86. The Balaban J connectivity index is 1.60. The summed E-state index contributed by atoms with van der Waals surface area (Å²) in [6.07, 6.45) is 0.190. The van der Waals surface area contributed by atoms with E-state index in [1.807, 2.05) is 18.2 Å². The first-order valence-corrected chi connectivity index (χ1v) is 9.73. The van der Waals surface area contributed by atoms with Gasteiger partial charge in [0.1, 0.15) is 5.82 Å². The van der Waals surface area contributed by atoms with Gasteiger partial charge in [-0.2, -0.15) is 5.26 Å². The lowest BCUT2D eigenvalue weighted by molar-refractivity contribution is -0.131. The van der Waals surface area contributed by atoms with Crippen LogP contribution in [0.4, 0.5) is 4.39 Å². The van der Waals surface area contributed by atoms with E-state index < -0.39 is 0 Å². The molecule has 0 aliphatic carbocycles. The Morgan fingerprint density at radius 1 is 1.19 bits per heavy atom. The minimum absolute atomic E-state index is 0.0245. The number of benzene rings is 2. The second-order valence-corrected chi connectivity index (χ2v) is 7.63. The molecule has 0 bridgehead atoms. The zero-order valence-electron chi connectivity index (χ0n) is 14.6. The zero-order valence-corrected chi connectivity index (χ0v) is 15.5. The molecule has 0 unspecified atom stereocenters. The average molecular weight is 379 g/mol. The van der Waals surface area contributed by atoms with Crippen LogP contribution >= 0.6 is 11.8 Å². The van der Waals surface area contributed by atoms with Crippen LogP contribution in [-0.4, -0.2) is 28.3 Å². The molecule has 0 aromatic heterocycles. The summed E-state index contributed by atoms with van der Waals surface area (Å²) >= 11 is 1.51. The standard InChI is InChI=1S/C21H18FN3OS/c22-17-8-4-7-16(9-17)18-10-20(26)25-13-24(12-15-5-2-1-3-6-15)14-27-21(25)19(18)11-23/h1-9,18H,10,12-14H2/t18-/m1/s1. The molecule has 2 aliphatic heterocycles. The van der Waals surface area contributed by atoms with Crippen LogP contribution in [0.15, 0.2) is 65.2 Å². The van der Waals surface area contributed by atoms with E-state index in [2.05, 4.69) is 23.1 Å². The fourth-order valence-corrected chi connectivity index (χ4v) is 4.69. The number of hydrogen-bond acceptors (Lipinski definition) is 4. The quantitative estimate of drug-likeness (QED) is 0.808. The monoisotopic (exact) mass is 379 g/mol. The Morgan fingerprint density at radius 3 is 2.74 bits per heavy atom. The van der Waals surface area contributed by atoms with Gasteiger partial charge in [0.25, 0.3) is 0 Å². The first-order valence-electron chi connectivity index (χ1n) is 8.75. The minimum atomic E-state index is -0.377. The molecule has 1 saturated heterocycles. The van der Waals surface area contributed by atoms with Crippen molar-refractivity contribution in [3.05, 3.63) is 82.1 Å². The van der Waals surface area contributed by atoms with Crippen LogP contribution in [0.2, 0.25) is 0 Å². The Hall–Kier alpha value is -2.62. The number of thioether (sulfide) groups is 1. The van der Waals surface area contributed by atoms with Gasteiger partial charge in [-0.1, -0.05) is 54.2 Å². The van der Waals surface area contributed by atoms with E-state index >= 15 is 0 Å². The molecule has 0 spiro atoms. The van der Waals surface area contributed by atoms with Gasteiger partial charge in [0.05, 0.1) is 29.2 Å². The van der Waals surface area contributed by atoms with E-state index in [4.69, 9.17) is 0 Å². The topological polar surface area (TPSA) is 47.3 Å². The van der Waals surface area contributed by atoms with Gasteiger partial charge in [-0.15, -0.1) is 0 Å². The first kappa shape index (κ1) is 17.8. The van der Waals surface area contributed by atoms with Crippen LogP contribution in [0.3, 0.4) is 0 Å². The molecule has 136 valence electrons. The molecule has 0 N–H and O–H groups in total. The van der Waals surface area contributed by atoms with Gasteiger partial charge < -0.3 is 0 Å². The molecule has 4 nitrogen and oxygen atoms in total. The number of nitrogens with zero attached hydrogens (tertiary/aromatic N) is 3. The van der Waals surface area contributed by atoms with Gasteiger partial charge in [-0.3, -0.25) is 14.6 Å². The minimum Gasteiger partial charge on any atom is -0.292 e. The summed E-state index contributed by atoms with van der Waals surface area (Å²) < 4.78 is 13.6. The molecule has 0 radical (unpaired) electrons. The third-order valence-corrected chi connectivity index (χ3v) is 6.06. The van der Waals surface area contributed by atoms with Gasteiger partial charge in [0.15, 0.2) is 0 Å². The highest BCUT2D eigenvalue weighted by Gasteiger charge is 2.38. The Kier molecular flexibility index (Phi) is 4.97. The Labute approximate surface area is 161 Å². The fraction of sp³-hybridized carbons (Fsp3) is 0.238. The van der Waals surface area contributed by atoms with Crippen molar-refractivity contribution in [2.75, 3.05) is 12.5 Å². The summed E-state index contributed by atoms with van der Waals surface area (Å²) in [6, 6.07) is 18.6. The summed E-state index contributed by atoms with van der Waals surface area (Å²) in [6.45, 7) is 1.22. The second-order valence-electron chi connectivity index (χ2n) is 6.69. The maximum Gasteiger partial charge on any atom is 0.229 e. The Bertz CT molecular complexity index is 938. The van der Waals surface area contributed by atoms with Crippen LogP contribution in [0.1, 0.15) is 23.5 Å². The second kappa shape index (κ2) is 7.55. The zero-order chi connectivity index (χ0) is 18.8. The number of carbonyl (C=O) groups excluding carboxylic acids is 1. The highest BCUT2D eigenvalue weighted by atomic mass is 32.2. The van der Waals surface area contributed by atoms with Gasteiger partial charge in [0, 0.05) is 18.9 Å². The molecule has 27 heavy (non-hydrogen) atoms. The van der Waals surface area contributed by atoms with E-state index in [0.29, 0.717) is 28.7 Å². The molecule has 6 heteroatoms. The average Bonchev–Trinajstić information content (AvgIpc) is 2.69. The van der Waals surface area contributed by atoms with Gasteiger partial charge in [-0.05, 0) is 23.3 Å². The van der Waals surface area contributed by atoms with E-state index in [0.717, 1.165) is 6.54 Å². The van der Waals surface area contributed by atoms with Gasteiger partial charge >= 0.3 is 0 Å². The maximum atomic E-state index is 13.6. The lowest BCUT2D eigenvalue weighted by Gasteiger charge is -2.41. The van der Waals surface area contributed by atoms with Crippen molar-refractivity contribution in [3.8, 4) is 6.07 Å². The van der Waals surface area contributed by atoms with Crippen molar-refractivity contribution in [2.24, 2.45) is 0 Å². The fourth-order valence-electron chi connectivity index (χ4n) is 3.56. The van der Waals surface area contributed by atoms with Crippen LogP contribution in [0, 0.1) is 17.1 Å². The highest BCUT2D eigenvalue weighted by molar-refractivity contribution is 8.03. The molecule has 2 aromatic carbocycles. The number of fused-ring (bicyclic) bond motifs is 1. The number of nitriles is 1. The summed E-state index contributed by atoms with van der Waals surface area (Å²) in [5.41, 5.74) is 2.43. The highest BCUT2D eigenvalue weighted by Crippen LogP contribution is 2.42. The van der Waals surface area contributed by atoms with Crippen LogP contribution in [0.5, 0.6) is 0 Å². The predicted molar refractivity (Wildman–Crippen MR) is 103 cm³/mol. The normalized spacial score (nSPS) is 20.4. The summed E-state index contributed by atoms with van der Waals surface area (Å²) in [5.74, 6) is -0.0501. The summed E-state index contributed by atoms with van der Waals surface area (Å²) in [7, 11) is 0. The van der Waals surface area contributed by atoms with Crippen molar-refractivity contribution in [2.45, 2.75) is 18.9 Å². The molecule has 1 fully saturated rings. The van der Waals surface area contributed by atoms with Crippen LogP contribution in [0.25, 0.3) is 0 Å². The lowest BCUT2D eigenvalue weighted by Crippen LogP contribution is -2.46. The molecular formula is C21H18FN3OS. The van der Waals surface area contributed by atoms with Crippen molar-refractivity contribution in [3.63, 3.8) is 0 Å². The third-order valence-electron chi connectivity index (χ3n) is 4.85. The number of halogens is 1. The maximum absolute atomic E-state index is 13.6. The Morgan fingerprint density at radius 2 is 2.00 bits per heavy atom. The summed E-state index contributed by atoms with van der Waals surface area (Å²) in [5, 5.41) is 10.5. The molecule has 2 aliphatic rings. The molecule has 2 heterocycles. The van der Waals surface area contributed by atoms with E-state index in [-0.39, 0.29) is 24.1 Å². The van der Waals surface area contributed by atoms with Gasteiger partial charge in [0.2, 0.25) is 5.91 Å². The first-order chi connectivity index (χ1) is 13.2. The predicted octanol–water partition coefficient (Wildman–Crippen LogP) is 4.04. The van der Waals surface area contributed by atoms with Crippen molar-refractivity contribution in [1.29, 1.82) is 5.26 Å². The summed E-state index contributed by atoms with van der Waals surface area (Å²) in [4.78, 5) is 16.7. The third kappa shape index (κ3) is 3.61. The molecule has 1 atom stereocenters. The smallest absolute Gasteiger partial charge is 0.229 e. The van der Waals surface area contributed by atoms with E-state index in [9.17, 15) is 14.4 Å². The molecule has 1 amide bonds. The number of rotatable bonds is 3. The largest absolute Gasteiger partial charge is 0.292 e. The van der Waals surface area contributed by atoms with Crippen molar-refractivity contribution >= 4 is 17.7 Å². The molecular weight excluding hydrogens is 361 g/mol. The number of amides is 1. The van der Waals surface area contributed by atoms with E-state index in [1.54, 1.807) is 17.0 Å². The van der Waals surface area contributed by atoms with Crippen molar-refractivity contribution < 1.29 is 9.18 Å². The molecule has 0 saturated carbocycles. The van der Waals surface area contributed by atoms with Crippen LogP contribution < -0.4 is 0 Å². The SMILES string of the molecule is N#CC1=C2SCN(Cc3ccccc3)CN2C(=O)C[C@@H]1c1cccc(F)c1. The van der Waals surface area contributed by atoms with Crippen LogP contribution in [-0.2, 0) is 11.3 Å². The van der Waals surface area contributed by atoms with Crippen molar-refractivity contribution in [1.82, 2.24) is 9.80 Å². The van der Waals surface area contributed by atoms with Gasteiger partial charge in [-0.25, -0.2) is 4.39 Å².